The number of ether oxygens (including phenoxy) is 1. The van der Waals surface area contributed by atoms with Crippen LogP contribution >= 0.6 is 0 Å². The van der Waals surface area contributed by atoms with Gasteiger partial charge in [-0.25, -0.2) is 9.59 Å². The summed E-state index contributed by atoms with van der Waals surface area (Å²) < 4.78 is 4.69. The lowest BCUT2D eigenvalue weighted by Gasteiger charge is -2.22. The zero-order valence-electron chi connectivity index (χ0n) is 11.4. The van der Waals surface area contributed by atoms with Gasteiger partial charge in [-0.3, -0.25) is 4.79 Å². The summed E-state index contributed by atoms with van der Waals surface area (Å²) in [6.45, 7) is 2.06. The molecule has 0 saturated heterocycles. The molecule has 0 aromatic carbocycles. The predicted octanol–water partition coefficient (Wildman–Crippen LogP) is -0.746. The Balaban J connectivity index is 4.39. The van der Waals surface area contributed by atoms with Gasteiger partial charge in [-0.05, 0) is 6.42 Å². The fraction of sp³-hybridized carbons (Fsp3) is 0.727. The molecule has 0 aromatic heterocycles. The molecule has 0 aromatic rings. The van der Waals surface area contributed by atoms with Crippen molar-refractivity contribution in [2.24, 2.45) is 0 Å². The summed E-state index contributed by atoms with van der Waals surface area (Å²) in [5.74, 6) is -1.44. The highest BCUT2D eigenvalue weighted by molar-refractivity contribution is 5.84. The van der Waals surface area contributed by atoms with Crippen LogP contribution < -0.4 is 10.6 Å². The van der Waals surface area contributed by atoms with Crippen molar-refractivity contribution in [2.75, 3.05) is 33.8 Å². The Morgan fingerprint density at radius 2 is 2.00 bits per heavy atom. The van der Waals surface area contributed by atoms with Gasteiger partial charge in [0.1, 0.15) is 6.54 Å². The Morgan fingerprint density at radius 1 is 1.37 bits per heavy atom. The molecule has 8 nitrogen and oxygen atoms in total. The Bertz CT molecular complexity index is 321. The number of aliphatic carboxylic acids is 1. The summed E-state index contributed by atoms with van der Waals surface area (Å²) in [4.78, 5) is 35.1. The molecule has 1 atom stereocenters. The smallest absolute Gasteiger partial charge is 0.334 e. The van der Waals surface area contributed by atoms with E-state index in [0.717, 1.165) is 0 Å². The van der Waals surface area contributed by atoms with Crippen LogP contribution in [0.15, 0.2) is 0 Å². The molecule has 0 heterocycles. The van der Waals surface area contributed by atoms with E-state index in [-0.39, 0.29) is 19.0 Å². The predicted molar refractivity (Wildman–Crippen MR) is 67.8 cm³/mol. The third-order valence-electron chi connectivity index (χ3n) is 2.39. The van der Waals surface area contributed by atoms with Crippen LogP contribution in [0.25, 0.3) is 0 Å². The summed E-state index contributed by atoms with van der Waals surface area (Å²) in [5, 5.41) is 13.6. The van der Waals surface area contributed by atoms with Crippen molar-refractivity contribution in [1.29, 1.82) is 0 Å². The number of nitrogens with zero attached hydrogens (tertiary/aromatic N) is 1. The number of rotatable bonds is 8. The molecule has 0 saturated carbocycles. The standard InChI is InChI=1S/C11H21N3O5/c1-4-5-14(7-9(15)12-2)11(18)13-6-8(19-3)10(16)17/h8H,4-7H2,1-3H3,(H,12,15)(H,13,18)(H,16,17). The Hall–Kier alpha value is -1.83. The van der Waals surface area contributed by atoms with Gasteiger partial charge in [0.15, 0.2) is 6.10 Å². The molecule has 8 heteroatoms. The number of hydrogen-bond donors (Lipinski definition) is 3. The lowest BCUT2D eigenvalue weighted by atomic mass is 10.3. The number of urea groups is 1. The van der Waals surface area contributed by atoms with E-state index in [1.807, 2.05) is 6.92 Å². The van der Waals surface area contributed by atoms with Crippen molar-refractivity contribution in [3.8, 4) is 0 Å². The first kappa shape index (κ1) is 17.2. The molecule has 1 unspecified atom stereocenters. The maximum absolute atomic E-state index is 11.8. The quantitative estimate of drug-likeness (QED) is 0.540. The summed E-state index contributed by atoms with van der Waals surface area (Å²) >= 11 is 0. The first-order chi connectivity index (χ1) is 8.96. The van der Waals surface area contributed by atoms with Crippen molar-refractivity contribution in [2.45, 2.75) is 19.4 Å². The van der Waals surface area contributed by atoms with E-state index < -0.39 is 18.1 Å². The summed E-state index contributed by atoms with van der Waals surface area (Å²) in [6, 6.07) is -0.492. The molecule has 3 amide bonds. The number of carbonyl (C=O) groups is 3. The fourth-order valence-corrected chi connectivity index (χ4v) is 1.34. The van der Waals surface area contributed by atoms with E-state index in [9.17, 15) is 14.4 Å². The fourth-order valence-electron chi connectivity index (χ4n) is 1.34. The Morgan fingerprint density at radius 3 is 2.42 bits per heavy atom. The molecular formula is C11H21N3O5. The zero-order chi connectivity index (χ0) is 14.8. The SMILES string of the molecule is CCCN(CC(=O)NC)C(=O)NCC(OC)C(=O)O. The number of nitrogens with one attached hydrogen (secondary N) is 2. The number of hydrogen-bond acceptors (Lipinski definition) is 4. The second-order valence-electron chi connectivity index (χ2n) is 3.84. The molecule has 0 rings (SSSR count). The van der Waals surface area contributed by atoms with Gasteiger partial charge in [0, 0.05) is 20.7 Å². The van der Waals surface area contributed by atoms with Crippen LogP contribution in [0.1, 0.15) is 13.3 Å². The molecule has 0 aliphatic heterocycles. The first-order valence-electron chi connectivity index (χ1n) is 5.95. The second-order valence-corrected chi connectivity index (χ2v) is 3.84. The molecule has 19 heavy (non-hydrogen) atoms. The van der Waals surface area contributed by atoms with Gasteiger partial charge in [-0.2, -0.15) is 0 Å². The highest BCUT2D eigenvalue weighted by Gasteiger charge is 2.20. The van der Waals surface area contributed by atoms with E-state index in [1.165, 1.54) is 19.1 Å². The van der Waals surface area contributed by atoms with Gasteiger partial charge in [0.2, 0.25) is 5.91 Å². The van der Waals surface area contributed by atoms with Gasteiger partial charge in [-0.15, -0.1) is 0 Å². The minimum atomic E-state index is -1.16. The summed E-state index contributed by atoms with van der Waals surface area (Å²) in [6.07, 6.45) is -0.413. The van der Waals surface area contributed by atoms with Crippen molar-refractivity contribution < 1.29 is 24.2 Å². The topological polar surface area (TPSA) is 108 Å². The van der Waals surface area contributed by atoms with Crippen LogP contribution in [0.2, 0.25) is 0 Å². The number of methoxy groups -OCH3 is 1. The number of carboxylic acids is 1. The maximum Gasteiger partial charge on any atom is 0.334 e. The van der Waals surface area contributed by atoms with E-state index in [4.69, 9.17) is 9.84 Å². The molecule has 0 aliphatic rings. The van der Waals surface area contributed by atoms with E-state index in [0.29, 0.717) is 13.0 Å². The number of likely N-dealkylation sites (N-methyl/N-ethyl adjacent to an activating group) is 1. The van der Waals surface area contributed by atoms with Crippen molar-refractivity contribution in [3.63, 3.8) is 0 Å². The lowest BCUT2D eigenvalue weighted by molar-refractivity contribution is -0.148. The lowest BCUT2D eigenvalue weighted by Crippen LogP contribution is -2.48. The van der Waals surface area contributed by atoms with Crippen molar-refractivity contribution in [3.05, 3.63) is 0 Å². The van der Waals surface area contributed by atoms with Crippen LogP contribution in [0.4, 0.5) is 4.79 Å². The van der Waals surface area contributed by atoms with Crippen LogP contribution in [0, 0.1) is 0 Å². The summed E-state index contributed by atoms with van der Waals surface area (Å²) in [7, 11) is 2.73. The number of carbonyl (C=O) groups excluding carboxylic acids is 2. The van der Waals surface area contributed by atoms with Crippen molar-refractivity contribution in [1.82, 2.24) is 15.5 Å². The zero-order valence-corrected chi connectivity index (χ0v) is 11.4. The Kier molecular flexibility index (Phi) is 8.27. The molecule has 0 spiro atoms. The average molecular weight is 275 g/mol. The van der Waals surface area contributed by atoms with Gasteiger partial charge >= 0.3 is 12.0 Å². The van der Waals surface area contributed by atoms with Gasteiger partial charge < -0.3 is 25.4 Å². The van der Waals surface area contributed by atoms with Crippen LogP contribution in [0.5, 0.6) is 0 Å². The van der Waals surface area contributed by atoms with Crippen LogP contribution in [0.3, 0.4) is 0 Å². The molecule has 0 fully saturated rings. The largest absolute Gasteiger partial charge is 0.479 e. The van der Waals surface area contributed by atoms with E-state index in [1.54, 1.807) is 0 Å². The van der Waals surface area contributed by atoms with E-state index >= 15 is 0 Å². The minimum Gasteiger partial charge on any atom is -0.479 e. The molecular weight excluding hydrogens is 254 g/mol. The third-order valence-corrected chi connectivity index (χ3v) is 2.39. The number of amides is 3. The van der Waals surface area contributed by atoms with Crippen LogP contribution in [-0.4, -0.2) is 67.8 Å². The average Bonchev–Trinajstić information content (AvgIpc) is 2.38. The molecule has 3 N–H and O–H groups in total. The monoisotopic (exact) mass is 275 g/mol. The van der Waals surface area contributed by atoms with E-state index in [2.05, 4.69) is 10.6 Å². The molecule has 110 valence electrons. The maximum atomic E-state index is 11.8. The third kappa shape index (κ3) is 6.61. The highest BCUT2D eigenvalue weighted by atomic mass is 16.5. The minimum absolute atomic E-state index is 0.0686. The van der Waals surface area contributed by atoms with Crippen molar-refractivity contribution >= 4 is 17.9 Å². The van der Waals surface area contributed by atoms with Gasteiger partial charge in [-0.1, -0.05) is 6.92 Å². The molecule has 0 bridgehead atoms. The Labute approximate surface area is 112 Å². The highest BCUT2D eigenvalue weighted by Crippen LogP contribution is 1.94. The number of carboxylic acid groups (broad SMARTS) is 1. The normalized spacial score (nSPS) is 11.5. The van der Waals surface area contributed by atoms with Crippen LogP contribution in [-0.2, 0) is 14.3 Å². The molecule has 0 aliphatic carbocycles. The van der Waals surface area contributed by atoms with Gasteiger partial charge in [0.05, 0.1) is 6.54 Å². The summed E-state index contributed by atoms with van der Waals surface area (Å²) in [5.41, 5.74) is 0. The van der Waals surface area contributed by atoms with Gasteiger partial charge in [0.25, 0.3) is 0 Å². The second kappa shape index (κ2) is 9.15. The first-order valence-corrected chi connectivity index (χ1v) is 5.95. The molecule has 0 radical (unpaired) electrons.